The number of carbonyl (C=O) groups is 1. The second-order valence-corrected chi connectivity index (χ2v) is 4.95. The van der Waals surface area contributed by atoms with Gasteiger partial charge in [-0.15, -0.1) is 0 Å². The van der Waals surface area contributed by atoms with E-state index in [2.05, 4.69) is 42.8 Å². The van der Waals surface area contributed by atoms with Gasteiger partial charge < -0.3 is 9.67 Å². The summed E-state index contributed by atoms with van der Waals surface area (Å²) in [6.45, 7) is 2.08. The van der Waals surface area contributed by atoms with Gasteiger partial charge in [0.05, 0.1) is 5.92 Å². The molecule has 3 heteroatoms. The van der Waals surface area contributed by atoms with Crippen LogP contribution in [0.4, 0.5) is 0 Å². The van der Waals surface area contributed by atoms with Gasteiger partial charge in [0, 0.05) is 23.6 Å². The van der Waals surface area contributed by atoms with Crippen LogP contribution in [0, 0.1) is 12.8 Å². The quantitative estimate of drug-likeness (QED) is 0.860. The maximum absolute atomic E-state index is 10.9. The maximum atomic E-state index is 10.9. The Kier molecular flexibility index (Phi) is 2.05. The van der Waals surface area contributed by atoms with Crippen LogP contribution < -0.4 is 0 Å². The lowest BCUT2D eigenvalue weighted by Crippen LogP contribution is -1.98. The van der Waals surface area contributed by atoms with Crippen molar-refractivity contribution in [3.8, 4) is 0 Å². The zero-order chi connectivity index (χ0) is 12.2. The Labute approximate surface area is 99.7 Å². The van der Waals surface area contributed by atoms with E-state index in [-0.39, 0.29) is 11.8 Å². The number of nitrogens with zero attached hydrogens (tertiary/aromatic N) is 1. The Bertz CT molecular complexity index is 612. The van der Waals surface area contributed by atoms with Gasteiger partial charge in [0.25, 0.3) is 0 Å². The van der Waals surface area contributed by atoms with Gasteiger partial charge in [-0.3, -0.25) is 4.79 Å². The molecule has 17 heavy (non-hydrogen) atoms. The van der Waals surface area contributed by atoms with E-state index in [9.17, 15) is 4.79 Å². The number of aromatic nitrogens is 1. The van der Waals surface area contributed by atoms with Crippen molar-refractivity contribution in [1.29, 1.82) is 0 Å². The van der Waals surface area contributed by atoms with E-state index in [1.807, 2.05) is 0 Å². The second-order valence-electron chi connectivity index (χ2n) is 4.95. The molecule has 1 fully saturated rings. The molecule has 2 aromatic rings. The fourth-order valence-electron chi connectivity index (χ4n) is 2.57. The summed E-state index contributed by atoms with van der Waals surface area (Å²) < 4.78 is 2.15. The lowest BCUT2D eigenvalue weighted by atomic mass is 10.1. The lowest BCUT2D eigenvalue weighted by Gasteiger charge is -2.01. The molecule has 2 unspecified atom stereocenters. The highest BCUT2D eigenvalue weighted by Crippen LogP contribution is 2.48. The first kappa shape index (κ1) is 10.4. The Balaban J connectivity index is 2.01. The maximum Gasteiger partial charge on any atom is 0.307 e. The first-order valence-electron chi connectivity index (χ1n) is 5.86. The number of hydrogen-bond acceptors (Lipinski definition) is 1. The van der Waals surface area contributed by atoms with Crippen molar-refractivity contribution in [3.63, 3.8) is 0 Å². The SMILES string of the molecule is Cc1cc2cc(C3CC3C(=O)O)ccc2n1C. The van der Waals surface area contributed by atoms with Gasteiger partial charge in [0.1, 0.15) is 0 Å². The molecule has 0 saturated heterocycles. The average molecular weight is 229 g/mol. The van der Waals surface area contributed by atoms with Crippen LogP contribution in [0.15, 0.2) is 24.3 Å². The highest BCUT2D eigenvalue weighted by atomic mass is 16.4. The van der Waals surface area contributed by atoms with Gasteiger partial charge in [-0.1, -0.05) is 6.07 Å². The van der Waals surface area contributed by atoms with Crippen molar-refractivity contribution in [2.24, 2.45) is 13.0 Å². The van der Waals surface area contributed by atoms with Crippen LogP contribution in [0.5, 0.6) is 0 Å². The van der Waals surface area contributed by atoms with Crippen molar-refractivity contribution in [3.05, 3.63) is 35.5 Å². The smallest absolute Gasteiger partial charge is 0.307 e. The Hall–Kier alpha value is -1.77. The molecule has 1 aliphatic carbocycles. The van der Waals surface area contributed by atoms with E-state index in [0.717, 1.165) is 12.0 Å². The lowest BCUT2D eigenvalue weighted by molar-refractivity contribution is -0.138. The van der Waals surface area contributed by atoms with Gasteiger partial charge >= 0.3 is 5.97 Å². The van der Waals surface area contributed by atoms with Crippen LogP contribution >= 0.6 is 0 Å². The molecule has 0 spiro atoms. The third-order valence-corrected chi connectivity index (χ3v) is 3.84. The molecule has 3 rings (SSSR count). The number of hydrogen-bond donors (Lipinski definition) is 1. The fourth-order valence-corrected chi connectivity index (χ4v) is 2.57. The zero-order valence-corrected chi connectivity index (χ0v) is 9.97. The van der Waals surface area contributed by atoms with Gasteiger partial charge in [0.2, 0.25) is 0 Å². The Morgan fingerprint density at radius 2 is 2.18 bits per heavy atom. The highest BCUT2D eigenvalue weighted by molar-refractivity contribution is 5.83. The summed E-state index contributed by atoms with van der Waals surface area (Å²) in [6.07, 6.45) is 0.784. The van der Waals surface area contributed by atoms with Crippen LogP contribution in [-0.4, -0.2) is 15.6 Å². The Morgan fingerprint density at radius 1 is 1.41 bits per heavy atom. The number of aryl methyl sites for hydroxylation is 2. The molecule has 1 N–H and O–H groups in total. The summed E-state index contributed by atoms with van der Waals surface area (Å²) in [6, 6.07) is 8.44. The highest BCUT2D eigenvalue weighted by Gasteiger charge is 2.44. The number of rotatable bonds is 2. The number of benzene rings is 1. The van der Waals surface area contributed by atoms with Crippen molar-refractivity contribution >= 4 is 16.9 Å². The summed E-state index contributed by atoms with van der Waals surface area (Å²) in [7, 11) is 2.05. The molecule has 1 saturated carbocycles. The molecule has 2 atom stereocenters. The normalized spacial score (nSPS) is 22.9. The summed E-state index contributed by atoms with van der Waals surface area (Å²) in [5.74, 6) is -0.617. The van der Waals surface area contributed by atoms with E-state index in [0.29, 0.717) is 0 Å². The summed E-state index contributed by atoms with van der Waals surface area (Å²) >= 11 is 0. The van der Waals surface area contributed by atoms with Crippen LogP contribution in [0.25, 0.3) is 10.9 Å². The third-order valence-electron chi connectivity index (χ3n) is 3.84. The molecular formula is C14H15NO2. The number of fused-ring (bicyclic) bond motifs is 1. The van der Waals surface area contributed by atoms with Gasteiger partial charge in [-0.05, 0) is 43.0 Å². The molecular weight excluding hydrogens is 214 g/mol. The molecule has 0 aliphatic heterocycles. The molecule has 0 amide bonds. The average Bonchev–Trinajstić information content (AvgIpc) is 3.03. The van der Waals surface area contributed by atoms with Crippen LogP contribution in [0.3, 0.4) is 0 Å². The zero-order valence-electron chi connectivity index (χ0n) is 9.97. The third kappa shape index (κ3) is 1.54. The van der Waals surface area contributed by atoms with Crippen molar-refractivity contribution in [1.82, 2.24) is 4.57 Å². The summed E-state index contributed by atoms with van der Waals surface area (Å²) in [5.41, 5.74) is 3.59. The number of carboxylic acid groups (broad SMARTS) is 1. The summed E-state index contributed by atoms with van der Waals surface area (Å²) in [4.78, 5) is 10.9. The number of aliphatic carboxylic acids is 1. The second kappa shape index (κ2) is 3.36. The standard InChI is InChI=1S/C14H15NO2/c1-8-5-10-6-9(3-4-13(10)15(8)2)11-7-12(11)14(16)17/h3-6,11-12H,7H2,1-2H3,(H,16,17). The van der Waals surface area contributed by atoms with Crippen LogP contribution in [0.2, 0.25) is 0 Å². The van der Waals surface area contributed by atoms with Crippen molar-refractivity contribution in [2.75, 3.05) is 0 Å². The van der Waals surface area contributed by atoms with Crippen molar-refractivity contribution in [2.45, 2.75) is 19.3 Å². The predicted molar refractivity (Wildman–Crippen MR) is 66.1 cm³/mol. The number of carboxylic acids is 1. The molecule has 1 heterocycles. The van der Waals surface area contributed by atoms with E-state index >= 15 is 0 Å². The van der Waals surface area contributed by atoms with Gasteiger partial charge in [-0.25, -0.2) is 0 Å². The molecule has 0 radical (unpaired) electrons. The molecule has 3 nitrogen and oxygen atoms in total. The molecule has 88 valence electrons. The molecule has 1 aromatic carbocycles. The van der Waals surface area contributed by atoms with Crippen LogP contribution in [-0.2, 0) is 11.8 Å². The minimum atomic E-state index is -0.667. The minimum absolute atomic E-state index is 0.169. The Morgan fingerprint density at radius 3 is 2.82 bits per heavy atom. The molecule has 0 bridgehead atoms. The first-order valence-corrected chi connectivity index (χ1v) is 5.86. The van der Waals surface area contributed by atoms with E-state index < -0.39 is 5.97 Å². The largest absolute Gasteiger partial charge is 0.481 e. The predicted octanol–water partition coefficient (Wildman–Crippen LogP) is 2.67. The van der Waals surface area contributed by atoms with E-state index in [1.165, 1.54) is 16.6 Å². The molecule has 1 aliphatic rings. The van der Waals surface area contributed by atoms with Gasteiger partial charge in [0.15, 0.2) is 0 Å². The summed E-state index contributed by atoms with van der Waals surface area (Å²) in [5, 5.41) is 10.1. The first-order chi connectivity index (χ1) is 8.08. The van der Waals surface area contributed by atoms with Gasteiger partial charge in [-0.2, -0.15) is 0 Å². The minimum Gasteiger partial charge on any atom is -0.481 e. The van der Waals surface area contributed by atoms with E-state index in [4.69, 9.17) is 5.11 Å². The monoisotopic (exact) mass is 229 g/mol. The van der Waals surface area contributed by atoms with E-state index in [1.54, 1.807) is 0 Å². The fraction of sp³-hybridized carbons (Fsp3) is 0.357. The topological polar surface area (TPSA) is 42.2 Å². The van der Waals surface area contributed by atoms with Crippen LogP contribution in [0.1, 0.15) is 23.6 Å². The van der Waals surface area contributed by atoms with Crippen molar-refractivity contribution < 1.29 is 9.90 Å². The molecule has 1 aromatic heterocycles.